The molecule has 0 radical (unpaired) electrons. The highest BCUT2D eigenvalue weighted by Crippen LogP contribution is 2.29. The molecule has 0 aliphatic heterocycles. The third kappa shape index (κ3) is 3.80. The fourth-order valence-electron chi connectivity index (χ4n) is 4.64. The number of aromatic nitrogens is 1. The van der Waals surface area contributed by atoms with Crippen LogP contribution >= 0.6 is 0 Å². The molecule has 3 aromatic rings. The molecule has 1 aromatic heterocycles. The Hall–Kier alpha value is -1.92. The Bertz CT molecular complexity index is 869. The summed E-state index contributed by atoms with van der Waals surface area (Å²) in [7, 11) is 3.48. The van der Waals surface area contributed by atoms with Gasteiger partial charge in [-0.3, -0.25) is 0 Å². The van der Waals surface area contributed by atoms with Crippen molar-refractivity contribution in [3.8, 4) is 0 Å². The number of methoxy groups -OCH3 is 1. The molecule has 0 spiro atoms. The zero-order valence-corrected chi connectivity index (χ0v) is 16.8. The Morgan fingerprint density at radius 3 is 2.29 bits per heavy atom. The quantitative estimate of drug-likeness (QED) is 0.628. The maximum Gasteiger partial charge on any atom is 0.0869 e. The van der Waals surface area contributed by atoms with E-state index in [1.807, 2.05) is 5.06 Å². The highest BCUT2D eigenvalue weighted by molar-refractivity contribution is 6.07. The van der Waals surface area contributed by atoms with E-state index in [0.29, 0.717) is 13.1 Å². The lowest BCUT2D eigenvalue weighted by molar-refractivity contribution is -0.190. The minimum Gasteiger partial charge on any atom is -0.390 e. The molecule has 1 N–H and O–H groups in total. The van der Waals surface area contributed by atoms with Crippen molar-refractivity contribution in [3.05, 3.63) is 48.5 Å². The van der Waals surface area contributed by atoms with Crippen LogP contribution in [0.4, 0.5) is 0 Å². The molecule has 0 saturated heterocycles. The van der Waals surface area contributed by atoms with E-state index in [4.69, 9.17) is 9.57 Å². The lowest BCUT2D eigenvalue weighted by Crippen LogP contribution is -2.44. The zero-order valence-electron chi connectivity index (χ0n) is 16.8. The van der Waals surface area contributed by atoms with Gasteiger partial charge in [-0.05, 0) is 37.8 Å². The molecule has 3 unspecified atom stereocenters. The van der Waals surface area contributed by atoms with Gasteiger partial charge in [0.1, 0.15) is 0 Å². The number of fused-ring (bicyclic) bond motifs is 3. The second kappa shape index (κ2) is 8.62. The Kier molecular flexibility index (Phi) is 5.97. The largest absolute Gasteiger partial charge is 0.390 e. The molecule has 0 bridgehead atoms. The van der Waals surface area contributed by atoms with E-state index >= 15 is 0 Å². The first-order chi connectivity index (χ1) is 13.7. The molecule has 1 aliphatic rings. The molecule has 4 rings (SSSR count). The first-order valence-corrected chi connectivity index (χ1v) is 10.2. The SMILES string of the molecule is COC1CCCC(N(CC(O)Cn2c3ccccc3c3ccccc32)OC)C1. The molecule has 150 valence electrons. The first-order valence-electron chi connectivity index (χ1n) is 10.2. The van der Waals surface area contributed by atoms with Crippen molar-refractivity contribution in [2.75, 3.05) is 20.8 Å². The Morgan fingerprint density at radius 2 is 1.68 bits per heavy atom. The average Bonchev–Trinajstić information content (AvgIpc) is 3.06. The summed E-state index contributed by atoms with van der Waals surface area (Å²) in [6.07, 6.45) is 4.02. The van der Waals surface area contributed by atoms with Crippen LogP contribution in [0.15, 0.2) is 48.5 Å². The van der Waals surface area contributed by atoms with Crippen molar-refractivity contribution in [1.29, 1.82) is 0 Å². The molecule has 1 fully saturated rings. The van der Waals surface area contributed by atoms with Crippen molar-refractivity contribution in [2.24, 2.45) is 0 Å². The van der Waals surface area contributed by atoms with Crippen LogP contribution in [0.5, 0.6) is 0 Å². The molecular formula is C23H30N2O3. The topological polar surface area (TPSA) is 46.9 Å². The molecule has 5 heteroatoms. The van der Waals surface area contributed by atoms with Gasteiger partial charge in [0.15, 0.2) is 0 Å². The van der Waals surface area contributed by atoms with Gasteiger partial charge in [0.25, 0.3) is 0 Å². The molecule has 1 aliphatic carbocycles. The van der Waals surface area contributed by atoms with Crippen molar-refractivity contribution < 1.29 is 14.7 Å². The molecule has 1 heterocycles. The van der Waals surface area contributed by atoms with E-state index in [1.165, 1.54) is 10.8 Å². The summed E-state index contributed by atoms with van der Waals surface area (Å²) in [4.78, 5) is 5.66. The third-order valence-corrected chi connectivity index (χ3v) is 6.04. The van der Waals surface area contributed by atoms with Crippen LogP contribution in [0, 0.1) is 0 Å². The molecule has 0 amide bonds. The molecule has 3 atom stereocenters. The van der Waals surface area contributed by atoms with Crippen LogP contribution in [0.1, 0.15) is 25.7 Å². The van der Waals surface area contributed by atoms with Crippen molar-refractivity contribution in [2.45, 2.75) is 50.5 Å². The number of hydrogen-bond donors (Lipinski definition) is 1. The average molecular weight is 383 g/mol. The Morgan fingerprint density at radius 1 is 1.04 bits per heavy atom. The van der Waals surface area contributed by atoms with Gasteiger partial charge in [0, 0.05) is 35.0 Å². The Labute approximate surface area is 166 Å². The molecule has 28 heavy (non-hydrogen) atoms. The number of ether oxygens (including phenoxy) is 1. The minimum atomic E-state index is -0.526. The minimum absolute atomic E-state index is 0.283. The summed E-state index contributed by atoms with van der Waals surface area (Å²) in [6.45, 7) is 1.02. The predicted octanol–water partition coefficient (Wildman–Crippen LogP) is 3.98. The first kappa shape index (κ1) is 19.4. The van der Waals surface area contributed by atoms with Gasteiger partial charge in [0.05, 0.1) is 32.4 Å². The van der Waals surface area contributed by atoms with Crippen LogP contribution in [0.2, 0.25) is 0 Å². The maximum atomic E-state index is 10.9. The van der Waals surface area contributed by atoms with Crippen LogP contribution < -0.4 is 0 Å². The number of benzene rings is 2. The maximum absolute atomic E-state index is 10.9. The highest BCUT2D eigenvalue weighted by atomic mass is 16.7. The highest BCUT2D eigenvalue weighted by Gasteiger charge is 2.28. The number of aliphatic hydroxyl groups excluding tert-OH is 1. The number of hydrogen-bond acceptors (Lipinski definition) is 4. The fraction of sp³-hybridized carbons (Fsp3) is 0.478. The lowest BCUT2D eigenvalue weighted by atomic mass is 9.92. The van der Waals surface area contributed by atoms with Crippen LogP contribution in [0.3, 0.4) is 0 Å². The summed E-state index contributed by atoms with van der Waals surface area (Å²) in [5, 5.41) is 15.3. The van der Waals surface area contributed by atoms with Gasteiger partial charge in [-0.15, -0.1) is 0 Å². The predicted molar refractivity (Wildman–Crippen MR) is 112 cm³/mol. The van der Waals surface area contributed by atoms with Gasteiger partial charge >= 0.3 is 0 Å². The second-order valence-electron chi connectivity index (χ2n) is 7.76. The zero-order chi connectivity index (χ0) is 19.5. The number of para-hydroxylation sites is 2. The molecule has 2 aromatic carbocycles. The van der Waals surface area contributed by atoms with E-state index in [1.54, 1.807) is 14.2 Å². The van der Waals surface area contributed by atoms with E-state index in [0.717, 1.165) is 36.7 Å². The van der Waals surface area contributed by atoms with Gasteiger partial charge in [0.2, 0.25) is 0 Å². The summed E-state index contributed by atoms with van der Waals surface area (Å²) < 4.78 is 7.78. The van der Waals surface area contributed by atoms with E-state index < -0.39 is 6.10 Å². The standard InChI is InChI=1S/C23H30N2O3/c1-27-19-9-7-8-17(14-19)25(28-2)16-18(26)15-24-22-12-5-3-10-20(22)21-11-4-6-13-23(21)24/h3-6,10-13,17-19,26H,7-9,14-16H2,1-2H3. The smallest absolute Gasteiger partial charge is 0.0869 e. The van der Waals surface area contributed by atoms with Crippen molar-refractivity contribution in [1.82, 2.24) is 9.63 Å². The molecular weight excluding hydrogens is 352 g/mol. The van der Waals surface area contributed by atoms with E-state index in [9.17, 15) is 5.11 Å². The summed E-state index contributed by atoms with van der Waals surface area (Å²) in [6, 6.07) is 17.1. The van der Waals surface area contributed by atoms with E-state index in [2.05, 4.69) is 53.1 Å². The monoisotopic (exact) mass is 382 g/mol. The van der Waals surface area contributed by atoms with Crippen LogP contribution in [-0.2, 0) is 16.1 Å². The fourth-order valence-corrected chi connectivity index (χ4v) is 4.64. The van der Waals surface area contributed by atoms with Gasteiger partial charge in [-0.1, -0.05) is 36.4 Å². The summed E-state index contributed by atoms with van der Waals surface area (Å²) >= 11 is 0. The third-order valence-electron chi connectivity index (χ3n) is 6.04. The van der Waals surface area contributed by atoms with Crippen molar-refractivity contribution >= 4 is 21.8 Å². The Balaban J connectivity index is 1.53. The summed E-state index contributed by atoms with van der Waals surface area (Å²) in [5.74, 6) is 0. The van der Waals surface area contributed by atoms with Gasteiger partial charge in [-0.2, -0.15) is 5.06 Å². The van der Waals surface area contributed by atoms with Gasteiger partial charge in [-0.25, -0.2) is 0 Å². The van der Waals surface area contributed by atoms with E-state index in [-0.39, 0.29) is 12.1 Å². The molecule has 5 nitrogen and oxygen atoms in total. The number of hydroxylamine groups is 2. The van der Waals surface area contributed by atoms with Crippen LogP contribution in [-0.4, -0.2) is 53.8 Å². The number of rotatable bonds is 7. The summed E-state index contributed by atoms with van der Waals surface area (Å²) in [5.41, 5.74) is 2.31. The number of aliphatic hydroxyl groups is 1. The second-order valence-corrected chi connectivity index (χ2v) is 7.76. The molecule has 1 saturated carbocycles. The number of nitrogens with zero attached hydrogens (tertiary/aromatic N) is 2. The lowest BCUT2D eigenvalue weighted by Gasteiger charge is -2.36. The van der Waals surface area contributed by atoms with Crippen molar-refractivity contribution in [3.63, 3.8) is 0 Å². The van der Waals surface area contributed by atoms with Crippen LogP contribution in [0.25, 0.3) is 21.8 Å². The normalized spacial score (nSPS) is 21.6. The van der Waals surface area contributed by atoms with Gasteiger partial charge < -0.3 is 19.2 Å².